The Hall–Kier alpha value is -2.46. The third-order valence-corrected chi connectivity index (χ3v) is 6.91. The molecule has 30 heavy (non-hydrogen) atoms. The van der Waals surface area contributed by atoms with Crippen molar-refractivity contribution in [3.63, 3.8) is 0 Å². The highest BCUT2D eigenvalue weighted by molar-refractivity contribution is 7.85. The molecule has 2 atom stereocenters. The van der Waals surface area contributed by atoms with Crippen molar-refractivity contribution >= 4 is 39.4 Å². The van der Waals surface area contributed by atoms with Gasteiger partial charge in [-0.1, -0.05) is 13.3 Å². The van der Waals surface area contributed by atoms with Gasteiger partial charge in [-0.25, -0.2) is 19.9 Å². The summed E-state index contributed by atoms with van der Waals surface area (Å²) in [6, 6.07) is -0.0252. The van der Waals surface area contributed by atoms with Crippen molar-refractivity contribution in [2.75, 3.05) is 11.1 Å². The van der Waals surface area contributed by atoms with E-state index >= 15 is 0 Å². The molecule has 1 aliphatic rings. The number of hydrogen-bond donors (Lipinski definition) is 1. The van der Waals surface area contributed by atoms with Gasteiger partial charge in [-0.3, -0.25) is 13.6 Å². The van der Waals surface area contributed by atoms with Crippen LogP contribution in [0, 0.1) is 5.92 Å². The van der Waals surface area contributed by atoms with E-state index in [-0.39, 0.29) is 29.2 Å². The molecule has 0 bridgehead atoms. The summed E-state index contributed by atoms with van der Waals surface area (Å²) in [5.41, 5.74) is 0.662. The Morgan fingerprint density at radius 3 is 2.60 bits per heavy atom. The predicted octanol–water partition coefficient (Wildman–Crippen LogP) is 2.73. The van der Waals surface area contributed by atoms with Gasteiger partial charge in [0.05, 0.1) is 28.4 Å². The third-order valence-electron chi connectivity index (χ3n) is 5.46. The predicted molar refractivity (Wildman–Crippen MR) is 115 cm³/mol. The van der Waals surface area contributed by atoms with Gasteiger partial charge in [0.2, 0.25) is 5.28 Å². The maximum absolute atomic E-state index is 13.2. The first kappa shape index (κ1) is 20.8. The van der Waals surface area contributed by atoms with E-state index in [1.807, 2.05) is 13.8 Å². The lowest BCUT2D eigenvalue weighted by Gasteiger charge is -2.33. The molecule has 0 radical (unpaired) electrons. The highest BCUT2D eigenvalue weighted by Crippen LogP contribution is 2.36. The molecular weight excluding hydrogens is 426 g/mol. The zero-order chi connectivity index (χ0) is 21.3. The summed E-state index contributed by atoms with van der Waals surface area (Å²) in [5, 5.41) is 3.12. The Kier molecular flexibility index (Phi) is 6.05. The Morgan fingerprint density at radius 2 is 1.97 bits per heavy atom. The highest BCUT2D eigenvalue weighted by atomic mass is 35.5. The molecule has 0 aromatic carbocycles. The summed E-state index contributed by atoms with van der Waals surface area (Å²) in [6.45, 7) is 4.07. The Balaban J connectivity index is 1.65. The number of nitrogens with zero attached hydrogens (tertiary/aromatic N) is 6. The summed E-state index contributed by atoms with van der Waals surface area (Å²) in [4.78, 5) is 34.9. The molecule has 3 heterocycles. The van der Waals surface area contributed by atoms with E-state index in [9.17, 15) is 9.00 Å². The summed E-state index contributed by atoms with van der Waals surface area (Å²) in [7, 11) is -1.10. The second-order valence-corrected chi connectivity index (χ2v) is 9.32. The van der Waals surface area contributed by atoms with Crippen LogP contribution in [0.25, 0.3) is 11.2 Å². The number of fused-ring (bicyclic) bond motifs is 1. The van der Waals surface area contributed by atoms with Crippen LogP contribution in [0.15, 0.2) is 28.3 Å². The molecule has 0 amide bonds. The first-order chi connectivity index (χ1) is 14.5. The number of hydrogen-bond acceptors (Lipinski definition) is 8. The molecule has 1 unspecified atom stereocenters. The molecular formula is C19H22ClN7O2S. The fourth-order valence-corrected chi connectivity index (χ4v) is 4.29. The van der Waals surface area contributed by atoms with Crippen LogP contribution in [0.5, 0.6) is 0 Å². The smallest absolute Gasteiger partial charge is 0.295 e. The number of halogens is 1. The van der Waals surface area contributed by atoms with Crippen LogP contribution in [0.2, 0.25) is 5.28 Å². The van der Waals surface area contributed by atoms with Crippen LogP contribution in [0.4, 0.5) is 5.82 Å². The van der Waals surface area contributed by atoms with Crippen LogP contribution >= 0.6 is 11.6 Å². The van der Waals surface area contributed by atoms with E-state index in [0.29, 0.717) is 33.6 Å². The average molecular weight is 448 g/mol. The van der Waals surface area contributed by atoms with Crippen LogP contribution in [-0.4, -0.2) is 39.4 Å². The summed E-state index contributed by atoms with van der Waals surface area (Å²) < 4.78 is 13.5. The minimum Gasteiger partial charge on any atom is -0.358 e. The van der Waals surface area contributed by atoms with E-state index in [1.165, 1.54) is 12.6 Å². The van der Waals surface area contributed by atoms with Crippen molar-refractivity contribution in [1.29, 1.82) is 0 Å². The maximum atomic E-state index is 13.2. The lowest BCUT2D eigenvalue weighted by atomic mass is 9.80. The normalized spacial score (nSPS) is 16.2. The summed E-state index contributed by atoms with van der Waals surface area (Å²) >= 11 is 5.98. The van der Waals surface area contributed by atoms with Gasteiger partial charge < -0.3 is 5.32 Å². The molecule has 4 rings (SSSR count). The van der Waals surface area contributed by atoms with Gasteiger partial charge in [-0.05, 0) is 37.3 Å². The molecule has 3 aromatic rings. The molecule has 158 valence electrons. The average Bonchev–Trinajstić information content (AvgIpc) is 2.71. The van der Waals surface area contributed by atoms with Gasteiger partial charge in [0.15, 0.2) is 11.5 Å². The second-order valence-electron chi connectivity index (χ2n) is 7.24. The Morgan fingerprint density at radius 1 is 1.23 bits per heavy atom. The molecule has 1 fully saturated rings. The van der Waals surface area contributed by atoms with Gasteiger partial charge in [0.1, 0.15) is 11.3 Å². The molecule has 3 aromatic heterocycles. The molecule has 0 spiro atoms. The zero-order valence-corrected chi connectivity index (χ0v) is 18.3. The number of anilines is 1. The first-order valence-electron chi connectivity index (χ1n) is 9.86. The van der Waals surface area contributed by atoms with Gasteiger partial charge in [-0.2, -0.15) is 4.98 Å². The molecule has 9 nitrogen and oxygen atoms in total. The van der Waals surface area contributed by atoms with Crippen molar-refractivity contribution < 1.29 is 4.21 Å². The monoisotopic (exact) mass is 447 g/mol. The fourth-order valence-electron chi connectivity index (χ4n) is 3.49. The molecule has 1 saturated carbocycles. The molecule has 1 aliphatic carbocycles. The highest BCUT2D eigenvalue weighted by Gasteiger charge is 2.28. The summed E-state index contributed by atoms with van der Waals surface area (Å²) in [5.74, 6) is 1.58. The lowest BCUT2D eigenvalue weighted by molar-refractivity contribution is 0.222. The van der Waals surface area contributed by atoms with Crippen molar-refractivity contribution in [3.05, 3.63) is 40.1 Å². The van der Waals surface area contributed by atoms with Gasteiger partial charge >= 0.3 is 0 Å². The van der Waals surface area contributed by atoms with E-state index in [4.69, 9.17) is 11.6 Å². The topological polar surface area (TPSA) is 116 Å². The quantitative estimate of drug-likeness (QED) is 0.549. The number of rotatable bonds is 7. The van der Waals surface area contributed by atoms with Crippen molar-refractivity contribution in [3.8, 4) is 0 Å². The summed E-state index contributed by atoms with van der Waals surface area (Å²) in [6.07, 6.45) is 7.94. The van der Waals surface area contributed by atoms with E-state index < -0.39 is 10.8 Å². The van der Waals surface area contributed by atoms with Crippen LogP contribution in [0.3, 0.4) is 0 Å². The van der Waals surface area contributed by atoms with Crippen molar-refractivity contribution in [1.82, 2.24) is 29.5 Å². The maximum Gasteiger partial charge on any atom is 0.295 e. The fraction of sp³-hybridized carbons (Fsp3) is 0.474. The van der Waals surface area contributed by atoms with E-state index in [0.717, 1.165) is 12.8 Å². The van der Waals surface area contributed by atoms with Crippen molar-refractivity contribution in [2.45, 2.75) is 50.6 Å². The van der Waals surface area contributed by atoms with Gasteiger partial charge in [-0.15, -0.1) is 0 Å². The van der Waals surface area contributed by atoms with Crippen LogP contribution in [0.1, 0.15) is 45.0 Å². The number of aromatic nitrogens is 6. The molecule has 0 aliphatic heterocycles. The van der Waals surface area contributed by atoms with E-state index in [2.05, 4.69) is 30.2 Å². The SMILES string of the molecule is CCS(=O)c1cnc(CNc2nc3cnc(Cl)nc3n([C@H](C)C3CCC3)c2=O)nc1. The zero-order valence-electron chi connectivity index (χ0n) is 16.7. The lowest BCUT2D eigenvalue weighted by Crippen LogP contribution is -2.33. The van der Waals surface area contributed by atoms with Crippen LogP contribution in [-0.2, 0) is 17.3 Å². The minimum absolute atomic E-state index is 0.0252. The Bertz CT molecular complexity index is 1150. The number of nitrogens with one attached hydrogen (secondary N) is 1. The largest absolute Gasteiger partial charge is 0.358 e. The van der Waals surface area contributed by atoms with Gasteiger partial charge in [0, 0.05) is 24.2 Å². The second kappa shape index (κ2) is 8.73. The molecule has 0 saturated heterocycles. The van der Waals surface area contributed by atoms with Gasteiger partial charge in [0.25, 0.3) is 5.56 Å². The third kappa shape index (κ3) is 4.06. The van der Waals surface area contributed by atoms with Crippen LogP contribution < -0.4 is 10.9 Å². The molecule has 1 N–H and O–H groups in total. The standard InChI is InChI=1S/C19H22ClN7O2S/c1-3-30(29)13-7-21-15(22-8-13)10-23-16-18(28)27(11(2)12-5-4-6-12)17-14(25-16)9-24-19(20)26-17/h7-9,11-12H,3-6,10H2,1-2H3,(H,23,25)/t11-,30?/m1/s1. The van der Waals surface area contributed by atoms with Crippen molar-refractivity contribution in [2.24, 2.45) is 5.92 Å². The first-order valence-corrected chi connectivity index (χ1v) is 11.6. The molecule has 11 heteroatoms. The Labute approximate surface area is 180 Å². The minimum atomic E-state index is -1.10. The van der Waals surface area contributed by atoms with E-state index in [1.54, 1.807) is 17.0 Å².